The van der Waals surface area contributed by atoms with Crippen LogP contribution in [0, 0.1) is 6.92 Å². The summed E-state index contributed by atoms with van der Waals surface area (Å²) in [4.78, 5) is 11.8. The van der Waals surface area contributed by atoms with Gasteiger partial charge >= 0.3 is 0 Å². The van der Waals surface area contributed by atoms with Crippen LogP contribution in [0.3, 0.4) is 0 Å². The molecule has 1 atom stereocenters. The third-order valence-electron chi connectivity index (χ3n) is 2.92. The van der Waals surface area contributed by atoms with Crippen molar-refractivity contribution >= 4 is 33.4 Å². The van der Waals surface area contributed by atoms with Gasteiger partial charge < -0.3 is 4.74 Å². The Balaban J connectivity index is 2.28. The molecule has 0 aliphatic carbocycles. The van der Waals surface area contributed by atoms with Crippen LogP contribution in [-0.4, -0.2) is 16.1 Å². The number of H-pyrrole nitrogens is 1. The maximum atomic E-state index is 11.8. The third kappa shape index (κ3) is 3.37. The first-order valence-electron chi connectivity index (χ1n) is 6.11. The fourth-order valence-electron chi connectivity index (χ4n) is 1.92. The summed E-state index contributed by atoms with van der Waals surface area (Å²) >= 11 is 9.27. The van der Waals surface area contributed by atoms with Gasteiger partial charge in [-0.25, -0.2) is 5.84 Å². The summed E-state index contributed by atoms with van der Waals surface area (Å²) in [7, 11) is 0. The Morgan fingerprint density at radius 1 is 1.57 bits per heavy atom. The summed E-state index contributed by atoms with van der Waals surface area (Å²) in [5.41, 5.74) is 3.60. The van der Waals surface area contributed by atoms with Crippen molar-refractivity contribution < 1.29 is 9.53 Å². The van der Waals surface area contributed by atoms with Gasteiger partial charge in [0.05, 0.1) is 10.0 Å². The number of aryl methyl sites for hydroxylation is 1. The van der Waals surface area contributed by atoms with Crippen molar-refractivity contribution in [3.63, 3.8) is 0 Å². The van der Waals surface area contributed by atoms with E-state index in [0.29, 0.717) is 27.7 Å². The smallest absolute Gasteiger partial charge is 0.269 e. The Kier molecular flexibility index (Phi) is 4.87. The maximum Gasteiger partial charge on any atom is 0.269 e. The van der Waals surface area contributed by atoms with E-state index in [0.717, 1.165) is 4.47 Å². The molecule has 112 valence electrons. The van der Waals surface area contributed by atoms with E-state index in [1.54, 1.807) is 32.0 Å². The minimum atomic E-state index is -0.445. The van der Waals surface area contributed by atoms with E-state index in [4.69, 9.17) is 22.2 Å². The van der Waals surface area contributed by atoms with E-state index in [2.05, 4.69) is 31.6 Å². The quantitative estimate of drug-likeness (QED) is 0.436. The predicted molar refractivity (Wildman–Crippen MR) is 83.2 cm³/mol. The molecule has 1 unspecified atom stereocenters. The molecule has 4 N–H and O–H groups in total. The van der Waals surface area contributed by atoms with Crippen LogP contribution in [0.2, 0.25) is 5.02 Å². The number of hydrogen-bond donors (Lipinski definition) is 3. The number of benzene rings is 1. The van der Waals surface area contributed by atoms with Crippen molar-refractivity contribution in [2.45, 2.75) is 20.0 Å². The molecule has 0 aliphatic heterocycles. The molecule has 0 spiro atoms. The summed E-state index contributed by atoms with van der Waals surface area (Å²) in [6.45, 7) is 3.54. The number of carbonyl (C=O) groups excluding carboxylic acids is 1. The zero-order valence-corrected chi connectivity index (χ0v) is 13.7. The van der Waals surface area contributed by atoms with Gasteiger partial charge in [-0.1, -0.05) is 11.6 Å². The van der Waals surface area contributed by atoms with Gasteiger partial charge in [0.1, 0.15) is 17.5 Å². The van der Waals surface area contributed by atoms with Crippen LogP contribution in [0.25, 0.3) is 0 Å². The van der Waals surface area contributed by atoms with Gasteiger partial charge in [0, 0.05) is 10.7 Å². The van der Waals surface area contributed by atoms with E-state index < -0.39 is 12.0 Å². The van der Waals surface area contributed by atoms with Crippen LogP contribution in [0.5, 0.6) is 5.75 Å². The number of amides is 1. The second-order valence-electron chi connectivity index (χ2n) is 4.42. The van der Waals surface area contributed by atoms with Gasteiger partial charge in [-0.2, -0.15) is 5.10 Å². The Morgan fingerprint density at radius 3 is 2.90 bits per heavy atom. The highest BCUT2D eigenvalue weighted by Crippen LogP contribution is 2.32. The van der Waals surface area contributed by atoms with Gasteiger partial charge in [0.15, 0.2) is 0 Å². The largest absolute Gasteiger partial charge is 0.483 e. The zero-order chi connectivity index (χ0) is 15.6. The second-order valence-corrected chi connectivity index (χ2v) is 5.71. The van der Waals surface area contributed by atoms with Crippen molar-refractivity contribution in [1.29, 1.82) is 0 Å². The third-order valence-corrected chi connectivity index (χ3v) is 3.77. The first-order valence-corrected chi connectivity index (χ1v) is 7.28. The molecule has 0 aliphatic rings. The average Bonchev–Trinajstić information content (AvgIpc) is 2.83. The number of nitrogens with zero attached hydrogens (tertiary/aromatic N) is 1. The molecule has 8 heteroatoms. The Morgan fingerprint density at radius 2 is 2.29 bits per heavy atom. The minimum Gasteiger partial charge on any atom is -0.483 e. The maximum absolute atomic E-state index is 11.8. The normalized spacial score (nSPS) is 12.0. The van der Waals surface area contributed by atoms with Crippen LogP contribution in [0.4, 0.5) is 0 Å². The number of carbonyl (C=O) groups is 1. The number of nitrogen functional groups attached to an aromatic ring is 1. The average molecular weight is 374 g/mol. The van der Waals surface area contributed by atoms with E-state index in [-0.39, 0.29) is 0 Å². The molecule has 2 aromatic rings. The highest BCUT2D eigenvalue weighted by atomic mass is 79.9. The Hall–Kier alpha value is -1.57. The molecule has 1 aromatic carbocycles. The van der Waals surface area contributed by atoms with Crippen LogP contribution < -0.4 is 16.0 Å². The van der Waals surface area contributed by atoms with Gasteiger partial charge in [-0.3, -0.25) is 15.3 Å². The number of hydrogen-bond acceptors (Lipinski definition) is 4. The molecule has 0 saturated heterocycles. The molecule has 0 fully saturated rings. The summed E-state index contributed by atoms with van der Waals surface area (Å²) in [5.74, 6) is 5.38. The molecule has 21 heavy (non-hydrogen) atoms. The molecule has 1 aromatic heterocycles. The SMILES string of the molecule is Cc1[nH]nc(C(C)Oc2ccc(Cl)cc2Br)c1C(=O)NN. The highest BCUT2D eigenvalue weighted by Gasteiger charge is 2.23. The van der Waals surface area contributed by atoms with Crippen LogP contribution in [0.1, 0.15) is 34.8 Å². The van der Waals surface area contributed by atoms with Crippen molar-refractivity contribution in [2.24, 2.45) is 5.84 Å². The van der Waals surface area contributed by atoms with Crippen LogP contribution >= 0.6 is 27.5 Å². The van der Waals surface area contributed by atoms with E-state index in [9.17, 15) is 4.79 Å². The topological polar surface area (TPSA) is 93.0 Å². The summed E-state index contributed by atoms with van der Waals surface area (Å²) in [5, 5.41) is 7.48. The van der Waals surface area contributed by atoms with Crippen molar-refractivity contribution in [1.82, 2.24) is 15.6 Å². The lowest BCUT2D eigenvalue weighted by Crippen LogP contribution is -2.31. The molecule has 1 amide bonds. The zero-order valence-electron chi connectivity index (χ0n) is 11.4. The lowest BCUT2D eigenvalue weighted by molar-refractivity contribution is 0.0948. The predicted octanol–water partition coefficient (Wildman–Crippen LogP) is 2.88. The Labute approximate surface area is 135 Å². The van der Waals surface area contributed by atoms with Crippen molar-refractivity contribution in [3.8, 4) is 5.75 Å². The van der Waals surface area contributed by atoms with E-state index in [1.807, 2.05) is 0 Å². The van der Waals surface area contributed by atoms with Crippen LogP contribution in [0.15, 0.2) is 22.7 Å². The first kappa shape index (κ1) is 15.8. The molecule has 0 saturated carbocycles. The number of aromatic nitrogens is 2. The first-order chi connectivity index (χ1) is 9.93. The molecular formula is C13H14BrClN4O2. The van der Waals surface area contributed by atoms with Crippen LogP contribution in [-0.2, 0) is 0 Å². The number of nitrogens with one attached hydrogen (secondary N) is 2. The fraction of sp³-hybridized carbons (Fsp3) is 0.231. The molecule has 6 nitrogen and oxygen atoms in total. The monoisotopic (exact) mass is 372 g/mol. The van der Waals surface area contributed by atoms with Gasteiger partial charge in [0.25, 0.3) is 5.91 Å². The molecule has 0 bridgehead atoms. The number of rotatable bonds is 4. The van der Waals surface area contributed by atoms with E-state index in [1.165, 1.54) is 0 Å². The summed E-state index contributed by atoms with van der Waals surface area (Å²) in [6, 6.07) is 5.19. The number of halogens is 2. The van der Waals surface area contributed by atoms with Gasteiger partial charge in [-0.15, -0.1) is 0 Å². The van der Waals surface area contributed by atoms with Crippen molar-refractivity contribution in [3.05, 3.63) is 44.6 Å². The number of nitrogens with two attached hydrogens (primary N) is 1. The number of hydrazine groups is 1. The molecule has 2 rings (SSSR count). The molecule has 0 radical (unpaired) electrons. The fourth-order valence-corrected chi connectivity index (χ4v) is 2.69. The molecule has 1 heterocycles. The van der Waals surface area contributed by atoms with E-state index >= 15 is 0 Å². The lowest BCUT2D eigenvalue weighted by Gasteiger charge is -2.15. The minimum absolute atomic E-state index is 0.384. The number of ether oxygens (including phenoxy) is 1. The second kappa shape index (κ2) is 6.46. The van der Waals surface area contributed by atoms with Crippen molar-refractivity contribution in [2.75, 3.05) is 0 Å². The summed E-state index contributed by atoms with van der Waals surface area (Å²) < 4.78 is 6.55. The number of aromatic amines is 1. The van der Waals surface area contributed by atoms with Gasteiger partial charge in [-0.05, 0) is 48.0 Å². The lowest BCUT2D eigenvalue weighted by atomic mass is 10.1. The van der Waals surface area contributed by atoms with Gasteiger partial charge in [0.2, 0.25) is 0 Å². The molecular weight excluding hydrogens is 360 g/mol. The Bertz CT molecular complexity index is 674. The standard InChI is InChI=1S/C13H14BrClN4O2/c1-6-11(13(20)17-16)12(19-18-6)7(2)21-10-4-3-8(15)5-9(10)14/h3-5,7H,16H2,1-2H3,(H,17,20)(H,18,19). The summed E-state index contributed by atoms with van der Waals surface area (Å²) in [6.07, 6.45) is -0.445. The highest BCUT2D eigenvalue weighted by molar-refractivity contribution is 9.10.